The first-order valence-corrected chi connectivity index (χ1v) is 8.01. The van der Waals surface area contributed by atoms with Crippen molar-refractivity contribution in [3.63, 3.8) is 0 Å². The molecule has 1 aromatic carbocycles. The van der Waals surface area contributed by atoms with E-state index >= 15 is 0 Å². The summed E-state index contributed by atoms with van der Waals surface area (Å²) < 4.78 is 7.88. The van der Waals surface area contributed by atoms with Crippen molar-refractivity contribution < 1.29 is 4.74 Å². The van der Waals surface area contributed by atoms with Crippen LogP contribution in [0, 0.1) is 6.92 Å². The van der Waals surface area contributed by atoms with Gasteiger partial charge in [0.15, 0.2) is 4.96 Å². The van der Waals surface area contributed by atoms with Crippen LogP contribution in [0.2, 0.25) is 5.02 Å². The standard InChI is InChI=1S/C13H10BrClN2OS/c1-8-2-3-9(15)11(6-8)18-12-10(7-14)17-4-5-19-13(17)16-12/h2-6H,7H2,1H3. The molecule has 0 amide bonds. The lowest BCUT2D eigenvalue weighted by Crippen LogP contribution is -1.92. The van der Waals surface area contributed by atoms with Crippen LogP contribution in [-0.4, -0.2) is 9.38 Å². The molecule has 3 aromatic rings. The number of imidazole rings is 1. The van der Waals surface area contributed by atoms with Gasteiger partial charge in [0, 0.05) is 16.9 Å². The van der Waals surface area contributed by atoms with E-state index in [0.717, 1.165) is 16.2 Å². The van der Waals surface area contributed by atoms with Crippen LogP contribution in [0.5, 0.6) is 11.6 Å². The molecule has 6 heteroatoms. The van der Waals surface area contributed by atoms with Gasteiger partial charge in [-0.15, -0.1) is 11.3 Å². The Kier molecular flexibility index (Phi) is 3.52. The summed E-state index contributed by atoms with van der Waals surface area (Å²) in [6.07, 6.45) is 1.98. The first kappa shape index (κ1) is 13.0. The van der Waals surface area contributed by atoms with E-state index in [1.807, 2.05) is 41.1 Å². The van der Waals surface area contributed by atoms with E-state index in [-0.39, 0.29) is 0 Å². The van der Waals surface area contributed by atoms with Gasteiger partial charge in [-0.3, -0.25) is 4.40 Å². The Morgan fingerprint density at radius 1 is 1.47 bits per heavy atom. The topological polar surface area (TPSA) is 26.5 Å². The Morgan fingerprint density at radius 3 is 3.11 bits per heavy atom. The van der Waals surface area contributed by atoms with Gasteiger partial charge in [-0.05, 0) is 24.6 Å². The molecule has 0 fully saturated rings. The number of nitrogens with zero attached hydrogens (tertiary/aromatic N) is 2. The van der Waals surface area contributed by atoms with Crippen molar-refractivity contribution in [3.8, 4) is 11.6 Å². The lowest BCUT2D eigenvalue weighted by molar-refractivity contribution is 0.461. The Morgan fingerprint density at radius 2 is 2.32 bits per heavy atom. The molecular weight excluding hydrogens is 348 g/mol. The van der Waals surface area contributed by atoms with E-state index in [4.69, 9.17) is 16.3 Å². The largest absolute Gasteiger partial charge is 0.436 e. The third-order valence-electron chi connectivity index (χ3n) is 2.74. The van der Waals surface area contributed by atoms with Gasteiger partial charge in [-0.2, -0.15) is 4.98 Å². The highest BCUT2D eigenvalue weighted by atomic mass is 79.9. The first-order chi connectivity index (χ1) is 9.19. The molecule has 19 heavy (non-hydrogen) atoms. The molecule has 0 atom stereocenters. The number of aromatic nitrogens is 2. The van der Waals surface area contributed by atoms with Crippen LogP contribution >= 0.6 is 38.9 Å². The average molecular weight is 358 g/mol. The Balaban J connectivity index is 2.05. The summed E-state index contributed by atoms with van der Waals surface area (Å²) in [5, 5.41) is 3.25. The van der Waals surface area contributed by atoms with Crippen molar-refractivity contribution in [1.29, 1.82) is 0 Å². The van der Waals surface area contributed by atoms with Crippen LogP contribution in [0.25, 0.3) is 4.96 Å². The van der Waals surface area contributed by atoms with E-state index in [2.05, 4.69) is 20.9 Å². The molecule has 3 nitrogen and oxygen atoms in total. The second-order valence-electron chi connectivity index (χ2n) is 4.09. The molecule has 0 aliphatic heterocycles. The zero-order valence-corrected chi connectivity index (χ0v) is 13.2. The van der Waals surface area contributed by atoms with Crippen LogP contribution in [0.3, 0.4) is 0 Å². The second-order valence-corrected chi connectivity index (χ2v) is 5.93. The van der Waals surface area contributed by atoms with Crippen molar-refractivity contribution in [2.24, 2.45) is 0 Å². The fourth-order valence-corrected chi connectivity index (χ4v) is 3.20. The zero-order chi connectivity index (χ0) is 13.4. The molecule has 0 unspecified atom stereocenters. The molecule has 0 aliphatic carbocycles. The molecule has 0 radical (unpaired) electrons. The van der Waals surface area contributed by atoms with Crippen molar-refractivity contribution in [1.82, 2.24) is 9.38 Å². The highest BCUT2D eigenvalue weighted by Gasteiger charge is 2.15. The van der Waals surface area contributed by atoms with Crippen LogP contribution in [0.1, 0.15) is 11.3 Å². The van der Waals surface area contributed by atoms with Gasteiger partial charge in [0.2, 0.25) is 5.88 Å². The second kappa shape index (κ2) is 5.15. The van der Waals surface area contributed by atoms with Crippen LogP contribution in [0.4, 0.5) is 0 Å². The Hall–Kier alpha value is -1.04. The fraction of sp³-hybridized carbons (Fsp3) is 0.154. The van der Waals surface area contributed by atoms with Crippen molar-refractivity contribution in [2.45, 2.75) is 12.3 Å². The molecule has 0 saturated heterocycles. The highest BCUT2D eigenvalue weighted by molar-refractivity contribution is 9.08. The lowest BCUT2D eigenvalue weighted by Gasteiger charge is -2.07. The summed E-state index contributed by atoms with van der Waals surface area (Å²) in [5.74, 6) is 1.23. The molecule has 2 heterocycles. The van der Waals surface area contributed by atoms with Gasteiger partial charge in [0.05, 0.1) is 10.7 Å². The summed E-state index contributed by atoms with van der Waals surface area (Å²) in [5.41, 5.74) is 2.08. The van der Waals surface area contributed by atoms with E-state index < -0.39 is 0 Å². The van der Waals surface area contributed by atoms with E-state index in [0.29, 0.717) is 22.0 Å². The normalized spacial score (nSPS) is 11.1. The quantitative estimate of drug-likeness (QED) is 0.614. The number of fused-ring (bicyclic) bond motifs is 1. The highest BCUT2D eigenvalue weighted by Crippen LogP contribution is 2.33. The third kappa shape index (κ3) is 2.38. The summed E-state index contributed by atoms with van der Waals surface area (Å²) in [6, 6.07) is 5.69. The van der Waals surface area contributed by atoms with Crippen molar-refractivity contribution >= 4 is 43.8 Å². The van der Waals surface area contributed by atoms with E-state index in [1.54, 1.807) is 11.3 Å². The van der Waals surface area contributed by atoms with Crippen LogP contribution in [-0.2, 0) is 5.33 Å². The summed E-state index contributed by atoms with van der Waals surface area (Å²) in [4.78, 5) is 5.39. The van der Waals surface area contributed by atoms with Crippen molar-refractivity contribution in [3.05, 3.63) is 46.1 Å². The number of ether oxygens (including phenoxy) is 1. The number of aryl methyl sites for hydroxylation is 1. The number of benzene rings is 1. The Labute approximate surface area is 127 Å². The summed E-state index contributed by atoms with van der Waals surface area (Å²) in [6.45, 7) is 2.00. The third-order valence-corrected chi connectivity index (χ3v) is 4.34. The maximum Gasteiger partial charge on any atom is 0.243 e. The van der Waals surface area contributed by atoms with Gasteiger partial charge in [0.25, 0.3) is 0 Å². The van der Waals surface area contributed by atoms with Gasteiger partial charge < -0.3 is 4.74 Å². The number of hydrogen-bond donors (Lipinski definition) is 0. The van der Waals surface area contributed by atoms with Gasteiger partial charge in [0.1, 0.15) is 5.75 Å². The molecule has 0 spiro atoms. The van der Waals surface area contributed by atoms with E-state index in [1.165, 1.54) is 0 Å². The average Bonchev–Trinajstić information content (AvgIpc) is 2.94. The summed E-state index contributed by atoms with van der Waals surface area (Å²) in [7, 11) is 0. The molecule has 2 aromatic heterocycles. The maximum absolute atomic E-state index is 6.15. The first-order valence-electron chi connectivity index (χ1n) is 5.63. The minimum atomic E-state index is 0.586. The van der Waals surface area contributed by atoms with Gasteiger partial charge >= 0.3 is 0 Å². The van der Waals surface area contributed by atoms with E-state index in [9.17, 15) is 0 Å². The molecule has 0 bridgehead atoms. The maximum atomic E-state index is 6.15. The molecule has 0 saturated carbocycles. The number of alkyl halides is 1. The predicted molar refractivity (Wildman–Crippen MR) is 82.0 cm³/mol. The lowest BCUT2D eigenvalue weighted by atomic mass is 10.2. The molecule has 0 N–H and O–H groups in total. The minimum Gasteiger partial charge on any atom is -0.436 e. The molecule has 98 valence electrons. The fourth-order valence-electron chi connectivity index (χ4n) is 1.81. The van der Waals surface area contributed by atoms with Gasteiger partial charge in [-0.25, -0.2) is 0 Å². The van der Waals surface area contributed by atoms with Crippen molar-refractivity contribution in [2.75, 3.05) is 0 Å². The number of halogens is 2. The number of hydrogen-bond acceptors (Lipinski definition) is 3. The predicted octanol–water partition coefficient (Wildman–Crippen LogP) is 5.04. The minimum absolute atomic E-state index is 0.586. The SMILES string of the molecule is Cc1ccc(Cl)c(Oc2nc3sccn3c2CBr)c1. The van der Waals surface area contributed by atoms with Gasteiger partial charge in [-0.1, -0.05) is 33.6 Å². The zero-order valence-electron chi connectivity index (χ0n) is 10.1. The Bertz CT molecular complexity index is 737. The monoisotopic (exact) mass is 356 g/mol. The summed E-state index contributed by atoms with van der Waals surface area (Å²) >= 11 is 11.2. The van der Waals surface area contributed by atoms with Crippen LogP contribution < -0.4 is 4.74 Å². The molecule has 3 rings (SSSR count). The molecule has 0 aliphatic rings. The molecular formula is C13H10BrClN2OS. The van der Waals surface area contributed by atoms with Crippen LogP contribution in [0.15, 0.2) is 29.8 Å². The number of rotatable bonds is 3. The smallest absolute Gasteiger partial charge is 0.243 e. The number of thiazole rings is 1.